The third kappa shape index (κ3) is 3.23. The summed E-state index contributed by atoms with van der Waals surface area (Å²) in [5.74, 6) is 1.21. The van der Waals surface area contributed by atoms with E-state index in [-0.39, 0.29) is 0 Å². The van der Waals surface area contributed by atoms with Crippen LogP contribution in [-0.4, -0.2) is 25.0 Å². The first kappa shape index (κ1) is 8.83. The standard InChI is InChI=1S/C7H14N4O/c8-6(5-1-2-5)10-3-4-11-7(9)12/h5H,1-4H2,(H2,8,10)(H3,9,11,12). The third-order valence-corrected chi connectivity index (χ3v) is 1.70. The van der Waals surface area contributed by atoms with E-state index in [1.54, 1.807) is 0 Å². The predicted molar refractivity (Wildman–Crippen MR) is 46.8 cm³/mol. The summed E-state index contributed by atoms with van der Waals surface area (Å²) >= 11 is 0. The molecule has 0 atom stereocenters. The van der Waals surface area contributed by atoms with Gasteiger partial charge in [0.25, 0.3) is 0 Å². The number of hydrogen-bond donors (Lipinski definition) is 3. The van der Waals surface area contributed by atoms with Crippen LogP contribution in [0.2, 0.25) is 0 Å². The average molecular weight is 170 g/mol. The number of carbonyl (C=O) groups is 1. The molecular formula is C7H14N4O. The highest BCUT2D eigenvalue weighted by Gasteiger charge is 2.24. The summed E-state index contributed by atoms with van der Waals surface area (Å²) in [6, 6.07) is -0.518. The lowest BCUT2D eigenvalue weighted by molar-refractivity contribution is 0.249. The van der Waals surface area contributed by atoms with Crippen molar-refractivity contribution in [2.75, 3.05) is 13.1 Å². The molecule has 0 aromatic rings. The molecule has 0 aromatic heterocycles. The van der Waals surface area contributed by atoms with Crippen LogP contribution in [0.5, 0.6) is 0 Å². The first-order valence-electron chi connectivity index (χ1n) is 4.03. The Kier molecular flexibility index (Phi) is 2.90. The average Bonchev–Trinajstić information content (AvgIpc) is 2.79. The Labute approximate surface area is 71.2 Å². The second-order valence-electron chi connectivity index (χ2n) is 2.87. The van der Waals surface area contributed by atoms with Crippen LogP contribution in [0.1, 0.15) is 12.8 Å². The number of amidine groups is 1. The summed E-state index contributed by atoms with van der Waals surface area (Å²) in [5, 5.41) is 2.44. The van der Waals surface area contributed by atoms with Gasteiger partial charge in [-0.3, -0.25) is 4.99 Å². The van der Waals surface area contributed by atoms with E-state index in [9.17, 15) is 4.79 Å². The van der Waals surface area contributed by atoms with Crippen molar-refractivity contribution in [3.05, 3.63) is 0 Å². The molecule has 0 aromatic carbocycles. The van der Waals surface area contributed by atoms with Crippen molar-refractivity contribution in [1.82, 2.24) is 5.32 Å². The van der Waals surface area contributed by atoms with E-state index in [1.807, 2.05) is 0 Å². The molecule has 0 unspecified atom stereocenters. The Balaban J connectivity index is 2.07. The molecule has 1 aliphatic carbocycles. The number of nitrogens with two attached hydrogens (primary N) is 2. The largest absolute Gasteiger partial charge is 0.387 e. The first-order chi connectivity index (χ1) is 5.70. The maximum Gasteiger partial charge on any atom is 0.312 e. The number of urea groups is 1. The Bertz CT molecular complexity index is 198. The molecule has 1 aliphatic rings. The molecule has 2 amide bonds. The van der Waals surface area contributed by atoms with Crippen LogP contribution in [0.15, 0.2) is 4.99 Å². The molecule has 5 heteroatoms. The second kappa shape index (κ2) is 3.94. The molecule has 0 saturated heterocycles. The van der Waals surface area contributed by atoms with Gasteiger partial charge in [-0.05, 0) is 12.8 Å². The Morgan fingerprint density at radius 1 is 1.50 bits per heavy atom. The number of rotatable bonds is 4. The minimum Gasteiger partial charge on any atom is -0.387 e. The van der Waals surface area contributed by atoms with Crippen LogP contribution in [-0.2, 0) is 0 Å². The maximum atomic E-state index is 10.2. The van der Waals surface area contributed by atoms with Crippen LogP contribution in [0.3, 0.4) is 0 Å². The highest BCUT2D eigenvalue weighted by atomic mass is 16.2. The molecule has 0 heterocycles. The topological polar surface area (TPSA) is 93.5 Å². The van der Waals surface area contributed by atoms with Gasteiger partial charge >= 0.3 is 6.03 Å². The predicted octanol–water partition coefficient (Wildman–Crippen LogP) is -0.578. The molecule has 1 saturated carbocycles. The zero-order valence-corrected chi connectivity index (χ0v) is 6.92. The van der Waals surface area contributed by atoms with Crippen molar-refractivity contribution >= 4 is 11.9 Å². The highest BCUT2D eigenvalue weighted by Crippen LogP contribution is 2.28. The van der Waals surface area contributed by atoms with Crippen LogP contribution in [0.4, 0.5) is 4.79 Å². The zero-order valence-electron chi connectivity index (χ0n) is 6.92. The molecule has 12 heavy (non-hydrogen) atoms. The van der Waals surface area contributed by atoms with Gasteiger partial charge in [0.1, 0.15) is 0 Å². The van der Waals surface area contributed by atoms with E-state index in [2.05, 4.69) is 10.3 Å². The quantitative estimate of drug-likeness (QED) is 0.299. The fraction of sp³-hybridized carbons (Fsp3) is 0.714. The molecular weight excluding hydrogens is 156 g/mol. The SMILES string of the molecule is NC(=O)NCCN=C(N)C1CC1. The summed E-state index contributed by atoms with van der Waals surface area (Å²) < 4.78 is 0. The van der Waals surface area contributed by atoms with Crippen molar-refractivity contribution < 1.29 is 4.79 Å². The Morgan fingerprint density at radius 2 is 2.17 bits per heavy atom. The summed E-state index contributed by atoms with van der Waals surface area (Å²) in [6.45, 7) is 0.980. The normalized spacial score (nSPS) is 17.5. The van der Waals surface area contributed by atoms with E-state index in [1.165, 1.54) is 0 Å². The monoisotopic (exact) mass is 170 g/mol. The molecule has 5 N–H and O–H groups in total. The van der Waals surface area contributed by atoms with E-state index in [0.29, 0.717) is 24.8 Å². The zero-order chi connectivity index (χ0) is 8.97. The van der Waals surface area contributed by atoms with Crippen molar-refractivity contribution in [1.29, 1.82) is 0 Å². The van der Waals surface area contributed by atoms with Gasteiger partial charge in [-0.2, -0.15) is 0 Å². The highest BCUT2D eigenvalue weighted by molar-refractivity contribution is 5.84. The smallest absolute Gasteiger partial charge is 0.312 e. The second-order valence-corrected chi connectivity index (χ2v) is 2.87. The van der Waals surface area contributed by atoms with Gasteiger partial charge in [0, 0.05) is 12.5 Å². The lowest BCUT2D eigenvalue weighted by Crippen LogP contribution is -2.31. The minimum absolute atomic E-state index is 0.461. The van der Waals surface area contributed by atoms with E-state index in [0.717, 1.165) is 12.8 Å². The molecule has 0 bridgehead atoms. The van der Waals surface area contributed by atoms with E-state index < -0.39 is 6.03 Å². The number of amides is 2. The lowest BCUT2D eigenvalue weighted by atomic mass is 10.4. The summed E-state index contributed by atoms with van der Waals surface area (Å²) in [6.07, 6.45) is 2.30. The Hall–Kier alpha value is -1.26. The number of nitrogens with zero attached hydrogens (tertiary/aromatic N) is 1. The lowest BCUT2D eigenvalue weighted by Gasteiger charge is -1.99. The summed E-state index contributed by atoms with van der Waals surface area (Å²) in [7, 11) is 0. The molecule has 5 nitrogen and oxygen atoms in total. The maximum absolute atomic E-state index is 10.2. The number of aliphatic imine (C=N–C) groups is 1. The minimum atomic E-state index is -0.518. The van der Waals surface area contributed by atoms with Crippen molar-refractivity contribution in [3.8, 4) is 0 Å². The van der Waals surface area contributed by atoms with Gasteiger partial charge in [-0.15, -0.1) is 0 Å². The van der Waals surface area contributed by atoms with Gasteiger partial charge in [0.15, 0.2) is 0 Å². The van der Waals surface area contributed by atoms with Gasteiger partial charge < -0.3 is 16.8 Å². The van der Waals surface area contributed by atoms with E-state index >= 15 is 0 Å². The van der Waals surface area contributed by atoms with Gasteiger partial charge in [-0.25, -0.2) is 4.79 Å². The van der Waals surface area contributed by atoms with Crippen LogP contribution in [0.25, 0.3) is 0 Å². The van der Waals surface area contributed by atoms with Gasteiger partial charge in [0.05, 0.1) is 12.4 Å². The Morgan fingerprint density at radius 3 is 2.67 bits per heavy atom. The number of nitrogens with one attached hydrogen (secondary N) is 1. The summed E-state index contributed by atoms with van der Waals surface area (Å²) in [5.41, 5.74) is 10.5. The molecule has 1 rings (SSSR count). The van der Waals surface area contributed by atoms with E-state index in [4.69, 9.17) is 11.5 Å². The fourth-order valence-electron chi connectivity index (χ4n) is 0.872. The van der Waals surface area contributed by atoms with Crippen molar-refractivity contribution in [2.24, 2.45) is 22.4 Å². The fourth-order valence-corrected chi connectivity index (χ4v) is 0.872. The number of hydrogen-bond acceptors (Lipinski definition) is 2. The molecule has 0 radical (unpaired) electrons. The van der Waals surface area contributed by atoms with Crippen LogP contribution < -0.4 is 16.8 Å². The molecule has 1 fully saturated rings. The third-order valence-electron chi connectivity index (χ3n) is 1.70. The summed E-state index contributed by atoms with van der Waals surface area (Å²) in [4.78, 5) is 14.3. The number of carbonyl (C=O) groups excluding carboxylic acids is 1. The molecule has 0 aliphatic heterocycles. The first-order valence-corrected chi connectivity index (χ1v) is 4.03. The molecule has 0 spiro atoms. The van der Waals surface area contributed by atoms with Crippen LogP contribution >= 0.6 is 0 Å². The van der Waals surface area contributed by atoms with Crippen LogP contribution in [0, 0.1) is 5.92 Å². The van der Waals surface area contributed by atoms with Gasteiger partial charge in [-0.1, -0.05) is 0 Å². The van der Waals surface area contributed by atoms with Gasteiger partial charge in [0.2, 0.25) is 0 Å². The molecule has 68 valence electrons. The van der Waals surface area contributed by atoms with Crippen molar-refractivity contribution in [3.63, 3.8) is 0 Å². The number of primary amides is 1. The van der Waals surface area contributed by atoms with Crippen molar-refractivity contribution in [2.45, 2.75) is 12.8 Å².